The molecule has 2 aromatic carbocycles. The normalized spacial score (nSPS) is 18.3. The predicted molar refractivity (Wildman–Crippen MR) is 136 cm³/mol. The topological polar surface area (TPSA) is 51.3 Å². The monoisotopic (exact) mass is 471 g/mol. The molecule has 0 spiro atoms. The Bertz CT molecular complexity index is 1360. The summed E-state index contributed by atoms with van der Waals surface area (Å²) in [5.74, 6) is 0.670. The molecular formula is C26H21N3O2S2. The van der Waals surface area contributed by atoms with Crippen LogP contribution in [0.3, 0.4) is 0 Å². The van der Waals surface area contributed by atoms with E-state index in [2.05, 4.69) is 0 Å². The first-order valence-electron chi connectivity index (χ1n) is 11.1. The average Bonchev–Trinajstić information content (AvgIpc) is 3.61. The van der Waals surface area contributed by atoms with Gasteiger partial charge in [-0.25, -0.2) is 4.68 Å². The molecule has 0 atom stereocenters. The minimum absolute atomic E-state index is 0.0000767. The zero-order chi connectivity index (χ0) is 22.4. The summed E-state index contributed by atoms with van der Waals surface area (Å²) in [6.07, 6.45) is 8.20. The second-order valence-electron chi connectivity index (χ2n) is 8.35. The Labute approximate surface area is 201 Å². The van der Waals surface area contributed by atoms with Crippen LogP contribution in [0.5, 0.6) is 0 Å². The second-order valence-corrected chi connectivity index (χ2v) is 10.0. The molecule has 1 aliphatic heterocycles. The highest BCUT2D eigenvalue weighted by molar-refractivity contribution is 8.26. The molecule has 0 radical (unpaired) electrons. The van der Waals surface area contributed by atoms with Gasteiger partial charge in [0, 0.05) is 23.2 Å². The maximum Gasteiger partial charge on any atom is 0.266 e. The lowest BCUT2D eigenvalue weighted by Gasteiger charge is -2.21. The fraction of sp³-hybridized carbons (Fsp3) is 0.192. The molecule has 1 saturated heterocycles. The van der Waals surface area contributed by atoms with Gasteiger partial charge in [0.2, 0.25) is 0 Å². The van der Waals surface area contributed by atoms with Gasteiger partial charge in [0.15, 0.2) is 5.76 Å². The zero-order valence-electron chi connectivity index (χ0n) is 17.8. The van der Waals surface area contributed by atoms with Crippen LogP contribution in [0.4, 0.5) is 0 Å². The van der Waals surface area contributed by atoms with Gasteiger partial charge in [-0.3, -0.25) is 9.69 Å². The van der Waals surface area contributed by atoms with Crippen molar-refractivity contribution < 1.29 is 9.21 Å². The highest BCUT2D eigenvalue weighted by atomic mass is 32.2. The van der Waals surface area contributed by atoms with Crippen LogP contribution in [0, 0.1) is 0 Å². The summed E-state index contributed by atoms with van der Waals surface area (Å²) < 4.78 is 8.60. The standard InChI is InChI=1S/C26H21N3O2S2/c30-25-23(33-26(32)29(25)20-11-5-6-12-20)15-18-16-28(19-9-2-1-3-10-19)27-24(18)22-14-17-8-4-7-13-21(17)31-22/h1-4,7-10,13-16,20H,5-6,11-12H2/b23-15+. The van der Waals surface area contributed by atoms with Gasteiger partial charge in [0.25, 0.3) is 5.91 Å². The molecule has 0 bridgehead atoms. The Morgan fingerprint density at radius 1 is 1.06 bits per heavy atom. The van der Waals surface area contributed by atoms with E-state index in [-0.39, 0.29) is 11.9 Å². The first-order valence-corrected chi connectivity index (χ1v) is 12.3. The van der Waals surface area contributed by atoms with Crippen LogP contribution < -0.4 is 0 Å². The Morgan fingerprint density at radius 2 is 1.82 bits per heavy atom. The summed E-state index contributed by atoms with van der Waals surface area (Å²) in [4.78, 5) is 15.7. The van der Waals surface area contributed by atoms with Crippen LogP contribution in [0.1, 0.15) is 31.2 Å². The first-order chi connectivity index (χ1) is 16.2. The summed E-state index contributed by atoms with van der Waals surface area (Å²) in [5, 5.41) is 5.85. The molecule has 6 rings (SSSR count). The average molecular weight is 472 g/mol. The van der Waals surface area contributed by atoms with E-state index in [4.69, 9.17) is 21.7 Å². The summed E-state index contributed by atoms with van der Waals surface area (Å²) in [6.45, 7) is 0. The number of hydrogen-bond donors (Lipinski definition) is 0. The van der Waals surface area contributed by atoms with Crippen molar-refractivity contribution in [3.8, 4) is 17.1 Å². The number of aromatic nitrogens is 2. The number of rotatable bonds is 4. The van der Waals surface area contributed by atoms with Crippen LogP contribution in [-0.2, 0) is 4.79 Å². The van der Waals surface area contributed by atoms with Crippen molar-refractivity contribution in [3.63, 3.8) is 0 Å². The van der Waals surface area contributed by atoms with Crippen LogP contribution in [0.2, 0.25) is 0 Å². The quantitative estimate of drug-likeness (QED) is 0.254. The molecule has 33 heavy (non-hydrogen) atoms. The fourth-order valence-electron chi connectivity index (χ4n) is 4.59. The maximum absolute atomic E-state index is 13.3. The molecule has 1 aliphatic carbocycles. The summed E-state index contributed by atoms with van der Waals surface area (Å²) in [7, 11) is 0. The molecule has 0 unspecified atom stereocenters. The summed E-state index contributed by atoms with van der Waals surface area (Å²) in [6, 6.07) is 20.0. The number of carbonyl (C=O) groups excluding carboxylic acids is 1. The number of thioether (sulfide) groups is 1. The fourth-order valence-corrected chi connectivity index (χ4v) is 5.99. The molecule has 0 N–H and O–H groups in total. The van der Waals surface area contributed by atoms with Gasteiger partial charge >= 0.3 is 0 Å². The van der Waals surface area contributed by atoms with E-state index >= 15 is 0 Å². The largest absolute Gasteiger partial charge is 0.454 e. The van der Waals surface area contributed by atoms with Crippen molar-refractivity contribution in [1.29, 1.82) is 0 Å². The lowest BCUT2D eigenvalue weighted by molar-refractivity contribution is -0.123. The van der Waals surface area contributed by atoms with Crippen molar-refractivity contribution in [2.75, 3.05) is 0 Å². The van der Waals surface area contributed by atoms with E-state index in [1.54, 1.807) is 0 Å². The molecule has 1 saturated carbocycles. The highest BCUT2D eigenvalue weighted by Crippen LogP contribution is 2.39. The van der Waals surface area contributed by atoms with E-state index < -0.39 is 0 Å². The number of thiocarbonyl (C=S) groups is 1. The molecule has 3 heterocycles. The Kier molecular flexibility index (Phi) is 5.15. The van der Waals surface area contributed by atoms with Crippen molar-refractivity contribution in [1.82, 2.24) is 14.7 Å². The molecule has 5 nitrogen and oxygen atoms in total. The van der Waals surface area contributed by atoms with Crippen LogP contribution in [0.25, 0.3) is 34.2 Å². The molecule has 2 aromatic heterocycles. The Hall–Kier alpha value is -3.16. The lowest BCUT2D eigenvalue weighted by Crippen LogP contribution is -2.36. The predicted octanol–water partition coefficient (Wildman–Crippen LogP) is 6.43. The summed E-state index contributed by atoms with van der Waals surface area (Å²) in [5.41, 5.74) is 3.26. The number of nitrogens with zero attached hydrogens (tertiary/aromatic N) is 3. The minimum atomic E-state index is -0.0000767. The SMILES string of the molecule is O=C1/C(=C\c2cn(-c3ccccc3)nc2-c2cc3ccccc3o2)SC(=S)N1C1CCCC1. The van der Waals surface area contributed by atoms with Crippen LogP contribution in [-0.4, -0.2) is 30.9 Å². The zero-order valence-corrected chi connectivity index (χ0v) is 19.4. The third-order valence-corrected chi connectivity index (χ3v) is 7.55. The number of benzene rings is 2. The van der Waals surface area contributed by atoms with Gasteiger partial charge in [0.05, 0.1) is 10.6 Å². The van der Waals surface area contributed by atoms with Gasteiger partial charge in [-0.1, -0.05) is 73.2 Å². The lowest BCUT2D eigenvalue weighted by atomic mass is 10.1. The molecule has 2 fully saturated rings. The minimum Gasteiger partial charge on any atom is -0.454 e. The van der Waals surface area contributed by atoms with E-state index in [0.717, 1.165) is 47.9 Å². The number of hydrogen-bond acceptors (Lipinski definition) is 5. The van der Waals surface area contributed by atoms with E-state index in [9.17, 15) is 4.79 Å². The smallest absolute Gasteiger partial charge is 0.266 e. The number of para-hydroxylation sites is 2. The molecule has 164 valence electrons. The van der Waals surface area contributed by atoms with Crippen molar-refractivity contribution in [2.45, 2.75) is 31.7 Å². The van der Waals surface area contributed by atoms with Crippen LogP contribution in [0.15, 0.2) is 76.2 Å². The van der Waals surface area contributed by atoms with E-state index in [0.29, 0.717) is 20.7 Å². The number of fused-ring (bicyclic) bond motifs is 1. The number of amides is 1. The highest BCUT2D eigenvalue weighted by Gasteiger charge is 2.38. The van der Waals surface area contributed by atoms with E-state index in [1.165, 1.54) is 11.8 Å². The van der Waals surface area contributed by atoms with Crippen molar-refractivity contribution in [2.24, 2.45) is 0 Å². The summed E-state index contributed by atoms with van der Waals surface area (Å²) >= 11 is 6.97. The molecular weight excluding hydrogens is 450 g/mol. The van der Waals surface area contributed by atoms with Gasteiger partial charge in [-0.2, -0.15) is 5.10 Å². The van der Waals surface area contributed by atoms with Gasteiger partial charge in [0.1, 0.15) is 15.6 Å². The number of carbonyl (C=O) groups is 1. The molecule has 7 heteroatoms. The van der Waals surface area contributed by atoms with Crippen LogP contribution >= 0.6 is 24.0 Å². The first kappa shape index (κ1) is 20.4. The van der Waals surface area contributed by atoms with E-state index in [1.807, 2.05) is 82.5 Å². The third kappa shape index (κ3) is 3.71. The Morgan fingerprint density at radius 3 is 2.61 bits per heavy atom. The second kappa shape index (κ2) is 8.32. The third-order valence-electron chi connectivity index (χ3n) is 6.22. The Balaban J connectivity index is 1.44. The molecule has 1 amide bonds. The maximum atomic E-state index is 13.3. The molecule has 4 aromatic rings. The van der Waals surface area contributed by atoms with Crippen molar-refractivity contribution in [3.05, 3.63) is 77.3 Å². The van der Waals surface area contributed by atoms with Gasteiger partial charge < -0.3 is 4.42 Å². The molecule has 2 aliphatic rings. The van der Waals surface area contributed by atoms with Gasteiger partial charge in [-0.05, 0) is 43.2 Å². The van der Waals surface area contributed by atoms with Crippen molar-refractivity contribution >= 4 is 51.3 Å². The van der Waals surface area contributed by atoms with Gasteiger partial charge in [-0.15, -0.1) is 0 Å². The number of furan rings is 1.